The Kier molecular flexibility index (Phi) is 6.30. The van der Waals surface area contributed by atoms with Gasteiger partial charge in [-0.1, -0.05) is 51.0 Å². The van der Waals surface area contributed by atoms with E-state index < -0.39 is 0 Å². The highest BCUT2D eigenvalue weighted by Gasteiger charge is 2.18. The van der Waals surface area contributed by atoms with Gasteiger partial charge in [-0.05, 0) is 56.0 Å². The molecule has 0 saturated heterocycles. The Bertz CT molecular complexity index is 1000. The molecule has 1 heterocycles. The van der Waals surface area contributed by atoms with E-state index in [1.807, 2.05) is 25.1 Å². The molecule has 0 aliphatic heterocycles. The lowest BCUT2D eigenvalue weighted by atomic mass is 10.1. The first-order valence-corrected chi connectivity index (χ1v) is 10.1. The first kappa shape index (κ1) is 19.9. The van der Waals surface area contributed by atoms with Crippen LogP contribution in [0.25, 0.3) is 17.1 Å². The van der Waals surface area contributed by atoms with Crippen molar-refractivity contribution in [3.05, 3.63) is 75.7 Å². The highest BCUT2D eigenvalue weighted by Crippen LogP contribution is 2.29. The van der Waals surface area contributed by atoms with Gasteiger partial charge >= 0.3 is 0 Å². The molecule has 3 aromatic rings. The fourth-order valence-electron chi connectivity index (χ4n) is 3.49. The van der Waals surface area contributed by atoms with Crippen molar-refractivity contribution < 1.29 is 5.11 Å². The second kappa shape index (κ2) is 8.87. The van der Waals surface area contributed by atoms with Gasteiger partial charge in [-0.3, -0.25) is 9.36 Å². The number of aryl methyl sites for hydroxylation is 2. The highest BCUT2D eigenvalue weighted by atomic mass is 16.3. The summed E-state index contributed by atoms with van der Waals surface area (Å²) in [5.41, 5.74) is 4.00. The number of rotatable bonds is 7. The molecule has 0 aliphatic rings. The van der Waals surface area contributed by atoms with Crippen LogP contribution in [0.3, 0.4) is 0 Å². The summed E-state index contributed by atoms with van der Waals surface area (Å²) in [4.78, 5) is 18.2. The van der Waals surface area contributed by atoms with E-state index in [9.17, 15) is 9.90 Å². The number of unbranched alkanes of at least 4 members (excludes halogenated alkanes) is 1. The number of hydrogen-bond donors (Lipinski definition) is 1. The fourth-order valence-corrected chi connectivity index (χ4v) is 3.49. The number of aromatic nitrogens is 2. The summed E-state index contributed by atoms with van der Waals surface area (Å²) in [5, 5.41) is 10.4. The van der Waals surface area contributed by atoms with Gasteiger partial charge in [-0.15, -0.1) is 0 Å². The Hall–Kier alpha value is -2.88. The number of para-hydroxylation sites is 1. The van der Waals surface area contributed by atoms with Crippen LogP contribution in [0.15, 0.2) is 53.3 Å². The van der Waals surface area contributed by atoms with Crippen molar-refractivity contribution >= 4 is 0 Å². The summed E-state index contributed by atoms with van der Waals surface area (Å²) in [6.07, 6.45) is 4.77. The third-order valence-corrected chi connectivity index (χ3v) is 5.04. The van der Waals surface area contributed by atoms with Gasteiger partial charge in [0.1, 0.15) is 5.75 Å². The number of nitrogens with zero attached hydrogens (tertiary/aromatic N) is 2. The highest BCUT2D eigenvalue weighted by molar-refractivity contribution is 5.66. The maximum atomic E-state index is 13.5. The van der Waals surface area contributed by atoms with Gasteiger partial charge in [0.15, 0.2) is 5.82 Å². The van der Waals surface area contributed by atoms with E-state index >= 15 is 0 Å². The molecule has 0 radical (unpaired) electrons. The molecule has 0 aliphatic carbocycles. The number of aromatic hydroxyl groups is 1. The lowest BCUT2D eigenvalue weighted by Crippen LogP contribution is -2.27. The van der Waals surface area contributed by atoms with Crippen LogP contribution in [0.2, 0.25) is 0 Å². The summed E-state index contributed by atoms with van der Waals surface area (Å²) in [7, 11) is 0. The molecule has 4 nitrogen and oxygen atoms in total. The van der Waals surface area contributed by atoms with Gasteiger partial charge in [0, 0.05) is 11.3 Å². The molecular weight excluding hydrogens is 348 g/mol. The number of phenolic OH excluding ortho intramolecular Hbond substituents is 1. The fraction of sp³-hybridized carbons (Fsp3) is 0.333. The number of benzene rings is 2. The second-order valence-electron chi connectivity index (χ2n) is 7.18. The van der Waals surface area contributed by atoms with Crippen molar-refractivity contribution in [2.45, 2.75) is 52.9 Å². The molecule has 1 aromatic heterocycles. The molecular formula is C24H28N2O2. The van der Waals surface area contributed by atoms with Crippen LogP contribution in [0.4, 0.5) is 0 Å². The normalized spacial score (nSPS) is 11.0. The maximum Gasteiger partial charge on any atom is 0.261 e. The maximum absolute atomic E-state index is 13.5. The molecule has 0 unspecified atom stereocenters. The molecule has 3 rings (SSSR count). The van der Waals surface area contributed by atoms with Crippen LogP contribution in [0.5, 0.6) is 5.75 Å². The zero-order chi connectivity index (χ0) is 20.1. The van der Waals surface area contributed by atoms with Crippen molar-refractivity contribution in [1.82, 2.24) is 9.55 Å². The van der Waals surface area contributed by atoms with Crippen molar-refractivity contribution in [3.8, 4) is 22.8 Å². The Morgan fingerprint density at radius 1 is 0.964 bits per heavy atom. The minimum atomic E-state index is -0.0533. The number of hydrogen-bond acceptors (Lipinski definition) is 3. The summed E-state index contributed by atoms with van der Waals surface area (Å²) in [5.74, 6) is 0.593. The predicted octanol–water partition coefficient (Wildman–Crippen LogP) is 5.21. The predicted molar refractivity (Wildman–Crippen MR) is 114 cm³/mol. The van der Waals surface area contributed by atoms with E-state index in [4.69, 9.17) is 4.98 Å². The topological polar surface area (TPSA) is 55.1 Å². The lowest BCUT2D eigenvalue weighted by Gasteiger charge is -2.17. The minimum absolute atomic E-state index is 0.0533. The van der Waals surface area contributed by atoms with Gasteiger partial charge in [-0.2, -0.15) is 0 Å². The molecule has 0 bridgehead atoms. The third kappa shape index (κ3) is 4.01. The lowest BCUT2D eigenvalue weighted by molar-refractivity contribution is 0.476. The van der Waals surface area contributed by atoms with Gasteiger partial charge in [0.25, 0.3) is 5.56 Å². The van der Waals surface area contributed by atoms with E-state index in [1.54, 1.807) is 22.8 Å². The van der Waals surface area contributed by atoms with Gasteiger partial charge < -0.3 is 5.11 Å². The summed E-state index contributed by atoms with van der Waals surface area (Å²) >= 11 is 0. The second-order valence-corrected chi connectivity index (χ2v) is 7.18. The standard InChI is InChI=1S/C24H28N2O2/c1-4-6-10-20-17(3)25-23(21-11-7-8-12-22(21)27)26(24(20)28)19-15-13-18(9-5-2)14-16-19/h7-8,11-16,27H,4-6,9-10H2,1-3H3. The monoisotopic (exact) mass is 376 g/mol. The molecule has 1 N–H and O–H groups in total. The molecule has 28 heavy (non-hydrogen) atoms. The van der Waals surface area contributed by atoms with Crippen molar-refractivity contribution in [2.24, 2.45) is 0 Å². The van der Waals surface area contributed by atoms with E-state index in [2.05, 4.69) is 26.0 Å². The number of phenols is 1. The van der Waals surface area contributed by atoms with E-state index in [-0.39, 0.29) is 11.3 Å². The Morgan fingerprint density at radius 3 is 2.32 bits per heavy atom. The minimum Gasteiger partial charge on any atom is -0.507 e. The van der Waals surface area contributed by atoms with E-state index in [1.165, 1.54) is 5.56 Å². The van der Waals surface area contributed by atoms with Gasteiger partial charge in [0.2, 0.25) is 0 Å². The van der Waals surface area contributed by atoms with Gasteiger partial charge in [-0.25, -0.2) is 4.98 Å². The Balaban J connectivity index is 2.24. The van der Waals surface area contributed by atoms with Crippen molar-refractivity contribution in [1.29, 1.82) is 0 Å². The average Bonchev–Trinajstić information content (AvgIpc) is 2.69. The largest absolute Gasteiger partial charge is 0.507 e. The molecule has 0 fully saturated rings. The van der Waals surface area contributed by atoms with Crippen LogP contribution in [-0.2, 0) is 12.8 Å². The van der Waals surface area contributed by atoms with Crippen molar-refractivity contribution in [3.63, 3.8) is 0 Å². The van der Waals surface area contributed by atoms with Crippen LogP contribution in [-0.4, -0.2) is 14.7 Å². The summed E-state index contributed by atoms with van der Waals surface area (Å²) < 4.78 is 1.64. The first-order valence-electron chi connectivity index (χ1n) is 10.1. The SMILES string of the molecule is CCCCc1c(C)nc(-c2ccccc2O)n(-c2ccc(CCC)cc2)c1=O. The quantitative estimate of drug-likeness (QED) is 0.616. The zero-order valence-electron chi connectivity index (χ0n) is 16.9. The molecule has 0 amide bonds. The molecule has 4 heteroatoms. The van der Waals surface area contributed by atoms with E-state index in [0.29, 0.717) is 17.8 Å². The van der Waals surface area contributed by atoms with Crippen molar-refractivity contribution in [2.75, 3.05) is 0 Å². The first-order chi connectivity index (χ1) is 13.6. The molecule has 2 aromatic carbocycles. The Labute approximate surface area is 166 Å². The van der Waals surface area contributed by atoms with E-state index in [0.717, 1.165) is 42.6 Å². The molecule has 0 atom stereocenters. The zero-order valence-corrected chi connectivity index (χ0v) is 16.9. The molecule has 0 spiro atoms. The van der Waals surface area contributed by atoms with Crippen LogP contribution in [0, 0.1) is 6.92 Å². The third-order valence-electron chi connectivity index (χ3n) is 5.04. The Morgan fingerprint density at radius 2 is 1.68 bits per heavy atom. The van der Waals surface area contributed by atoms with Gasteiger partial charge in [0.05, 0.1) is 11.3 Å². The average molecular weight is 377 g/mol. The van der Waals surface area contributed by atoms with Crippen LogP contribution in [0.1, 0.15) is 49.9 Å². The van der Waals surface area contributed by atoms with Crippen LogP contribution < -0.4 is 5.56 Å². The molecule has 0 saturated carbocycles. The smallest absolute Gasteiger partial charge is 0.261 e. The van der Waals surface area contributed by atoms with Crippen LogP contribution >= 0.6 is 0 Å². The summed E-state index contributed by atoms with van der Waals surface area (Å²) in [6, 6.07) is 15.1. The molecule has 146 valence electrons. The summed E-state index contributed by atoms with van der Waals surface area (Å²) in [6.45, 7) is 6.15.